The van der Waals surface area contributed by atoms with Crippen molar-refractivity contribution in [2.45, 2.75) is 0 Å². The largest absolute Gasteiger partial charge is 0.298 e. The second-order valence-corrected chi connectivity index (χ2v) is 4.25. The molecular weight excluding hydrogens is 246 g/mol. The number of nitrogens with zero attached hydrogens (tertiary/aromatic N) is 2. The number of thiazole rings is 1. The van der Waals surface area contributed by atoms with E-state index in [0.717, 1.165) is 0 Å². The Kier molecular flexibility index (Phi) is 3.84. The van der Waals surface area contributed by atoms with Gasteiger partial charge in [-0.15, -0.1) is 11.3 Å². The molecule has 5 heteroatoms. The van der Waals surface area contributed by atoms with Gasteiger partial charge in [0.1, 0.15) is 0 Å². The fourth-order valence-corrected chi connectivity index (χ4v) is 1.87. The summed E-state index contributed by atoms with van der Waals surface area (Å²) in [5, 5.41) is 13.9. The minimum atomic E-state index is -0.266. The molecule has 0 radical (unpaired) electrons. The Bertz CT molecular complexity index is 611. The Morgan fingerprint density at radius 3 is 3.00 bits per heavy atom. The summed E-state index contributed by atoms with van der Waals surface area (Å²) in [6.07, 6.45) is 4.62. The highest BCUT2D eigenvalue weighted by Crippen LogP contribution is 2.11. The van der Waals surface area contributed by atoms with Gasteiger partial charge in [-0.3, -0.25) is 10.1 Å². The van der Waals surface area contributed by atoms with E-state index in [2.05, 4.69) is 16.4 Å². The first-order valence-corrected chi connectivity index (χ1v) is 6.05. The van der Waals surface area contributed by atoms with Gasteiger partial charge >= 0.3 is 0 Å². The third-order valence-electron chi connectivity index (χ3n) is 2.16. The van der Waals surface area contributed by atoms with E-state index in [-0.39, 0.29) is 5.91 Å². The molecule has 0 bridgehead atoms. The lowest BCUT2D eigenvalue weighted by Crippen LogP contribution is -2.07. The summed E-state index contributed by atoms with van der Waals surface area (Å²) in [7, 11) is 0. The minimum absolute atomic E-state index is 0.266. The van der Waals surface area contributed by atoms with Crippen LogP contribution in [0.1, 0.15) is 11.1 Å². The van der Waals surface area contributed by atoms with Crippen LogP contribution in [-0.4, -0.2) is 10.9 Å². The maximum atomic E-state index is 11.6. The van der Waals surface area contributed by atoms with Gasteiger partial charge in [0.2, 0.25) is 5.91 Å². The van der Waals surface area contributed by atoms with Crippen LogP contribution in [0.15, 0.2) is 41.9 Å². The first-order chi connectivity index (χ1) is 8.79. The zero-order chi connectivity index (χ0) is 12.8. The van der Waals surface area contributed by atoms with Crippen molar-refractivity contribution in [2.24, 2.45) is 0 Å². The molecule has 88 valence electrons. The first kappa shape index (κ1) is 12.0. The van der Waals surface area contributed by atoms with Gasteiger partial charge in [0, 0.05) is 17.7 Å². The van der Waals surface area contributed by atoms with E-state index in [9.17, 15) is 4.79 Å². The number of amides is 1. The highest BCUT2D eigenvalue weighted by Gasteiger charge is 2.00. The predicted molar refractivity (Wildman–Crippen MR) is 70.9 cm³/mol. The Morgan fingerprint density at radius 1 is 1.44 bits per heavy atom. The van der Waals surface area contributed by atoms with E-state index in [1.165, 1.54) is 17.4 Å². The summed E-state index contributed by atoms with van der Waals surface area (Å²) in [6.45, 7) is 0. The Balaban J connectivity index is 2.07. The van der Waals surface area contributed by atoms with Crippen molar-refractivity contribution in [3.8, 4) is 6.07 Å². The molecule has 0 atom stereocenters. The number of nitriles is 1. The van der Waals surface area contributed by atoms with Gasteiger partial charge in [0.15, 0.2) is 5.13 Å². The molecule has 2 aromatic rings. The number of nitrogens with one attached hydrogen (secondary N) is 1. The summed E-state index contributed by atoms with van der Waals surface area (Å²) in [5.41, 5.74) is 1.25. The Labute approximate surface area is 108 Å². The van der Waals surface area contributed by atoms with Gasteiger partial charge < -0.3 is 0 Å². The van der Waals surface area contributed by atoms with Gasteiger partial charge in [-0.2, -0.15) is 5.26 Å². The van der Waals surface area contributed by atoms with Gasteiger partial charge in [-0.25, -0.2) is 4.98 Å². The van der Waals surface area contributed by atoms with E-state index in [4.69, 9.17) is 5.26 Å². The van der Waals surface area contributed by atoms with E-state index in [1.807, 2.05) is 6.07 Å². The summed E-state index contributed by atoms with van der Waals surface area (Å²) in [4.78, 5) is 15.5. The van der Waals surface area contributed by atoms with Crippen molar-refractivity contribution in [1.29, 1.82) is 5.26 Å². The fourth-order valence-electron chi connectivity index (χ4n) is 1.34. The van der Waals surface area contributed by atoms with Crippen molar-refractivity contribution < 1.29 is 4.79 Å². The first-order valence-electron chi connectivity index (χ1n) is 5.17. The van der Waals surface area contributed by atoms with E-state index < -0.39 is 0 Å². The van der Waals surface area contributed by atoms with Crippen LogP contribution in [0.4, 0.5) is 5.13 Å². The number of anilines is 1. The maximum absolute atomic E-state index is 11.6. The molecule has 1 aromatic carbocycles. The molecule has 0 aliphatic rings. The predicted octanol–water partition coefficient (Wildman–Crippen LogP) is 2.67. The highest BCUT2D eigenvalue weighted by atomic mass is 32.1. The minimum Gasteiger partial charge on any atom is -0.298 e. The zero-order valence-corrected chi connectivity index (χ0v) is 10.1. The van der Waals surface area contributed by atoms with E-state index in [1.54, 1.807) is 35.9 Å². The molecule has 0 saturated heterocycles. The standard InChI is InChI=1S/C13H9N3OS/c14-9-11-4-2-1-3-10(11)5-6-12(17)16-13-15-7-8-18-13/h1-8H,(H,15,16,17)/b6-5+. The second-order valence-electron chi connectivity index (χ2n) is 3.36. The van der Waals surface area contributed by atoms with Gasteiger partial charge in [0.25, 0.3) is 0 Å². The average Bonchev–Trinajstić information content (AvgIpc) is 2.89. The van der Waals surface area contributed by atoms with E-state index in [0.29, 0.717) is 16.3 Å². The number of hydrogen-bond acceptors (Lipinski definition) is 4. The molecule has 0 spiro atoms. The smallest absolute Gasteiger partial charge is 0.250 e. The van der Waals surface area contributed by atoms with Gasteiger partial charge in [-0.05, 0) is 17.7 Å². The summed E-state index contributed by atoms with van der Waals surface area (Å²) < 4.78 is 0. The molecular formula is C13H9N3OS. The molecule has 2 rings (SSSR count). The van der Waals surface area contributed by atoms with Gasteiger partial charge in [-0.1, -0.05) is 18.2 Å². The van der Waals surface area contributed by atoms with Crippen LogP contribution in [0.25, 0.3) is 6.08 Å². The topological polar surface area (TPSA) is 65.8 Å². The number of hydrogen-bond donors (Lipinski definition) is 1. The average molecular weight is 255 g/mol. The zero-order valence-electron chi connectivity index (χ0n) is 9.33. The molecule has 0 unspecified atom stereocenters. The number of aromatic nitrogens is 1. The van der Waals surface area contributed by atoms with Crippen LogP contribution in [0.5, 0.6) is 0 Å². The third-order valence-corrected chi connectivity index (χ3v) is 2.85. The van der Waals surface area contributed by atoms with Crippen LogP contribution in [0.3, 0.4) is 0 Å². The fraction of sp³-hybridized carbons (Fsp3) is 0. The molecule has 4 nitrogen and oxygen atoms in total. The monoisotopic (exact) mass is 255 g/mol. The molecule has 1 N–H and O–H groups in total. The van der Waals surface area contributed by atoms with Crippen molar-refractivity contribution in [1.82, 2.24) is 4.98 Å². The van der Waals surface area contributed by atoms with Crippen LogP contribution in [0, 0.1) is 11.3 Å². The SMILES string of the molecule is N#Cc1ccccc1/C=C/C(=O)Nc1nccs1. The van der Waals surface area contributed by atoms with Crippen LogP contribution in [0.2, 0.25) is 0 Å². The van der Waals surface area contributed by atoms with Crippen molar-refractivity contribution >= 4 is 28.5 Å². The third kappa shape index (κ3) is 3.03. The van der Waals surface area contributed by atoms with Crippen LogP contribution in [-0.2, 0) is 4.79 Å². The second kappa shape index (κ2) is 5.75. The quantitative estimate of drug-likeness (QED) is 0.857. The van der Waals surface area contributed by atoms with E-state index >= 15 is 0 Å². The number of rotatable bonds is 3. The maximum Gasteiger partial charge on any atom is 0.250 e. The molecule has 1 aromatic heterocycles. The van der Waals surface area contributed by atoms with Crippen molar-refractivity contribution in [3.05, 3.63) is 53.0 Å². The van der Waals surface area contributed by atoms with Gasteiger partial charge in [0.05, 0.1) is 11.6 Å². The Morgan fingerprint density at radius 2 is 2.28 bits per heavy atom. The lowest BCUT2D eigenvalue weighted by Gasteiger charge is -1.97. The Hall–Kier alpha value is -2.45. The van der Waals surface area contributed by atoms with Crippen LogP contribution >= 0.6 is 11.3 Å². The lowest BCUT2D eigenvalue weighted by atomic mass is 10.1. The summed E-state index contributed by atoms with van der Waals surface area (Å²) in [6, 6.07) is 9.16. The molecule has 1 amide bonds. The van der Waals surface area contributed by atoms with Crippen molar-refractivity contribution in [2.75, 3.05) is 5.32 Å². The summed E-state index contributed by atoms with van der Waals surface area (Å²) in [5.74, 6) is -0.266. The normalized spacial score (nSPS) is 10.2. The molecule has 0 aliphatic heterocycles. The number of benzene rings is 1. The molecule has 1 heterocycles. The number of carbonyl (C=O) groups excluding carboxylic acids is 1. The number of carbonyl (C=O) groups is 1. The van der Waals surface area contributed by atoms with Crippen molar-refractivity contribution in [3.63, 3.8) is 0 Å². The molecule has 18 heavy (non-hydrogen) atoms. The molecule has 0 saturated carbocycles. The molecule has 0 aliphatic carbocycles. The highest BCUT2D eigenvalue weighted by molar-refractivity contribution is 7.13. The molecule has 0 fully saturated rings. The summed E-state index contributed by atoms with van der Waals surface area (Å²) >= 11 is 1.35. The van der Waals surface area contributed by atoms with Crippen LogP contribution < -0.4 is 5.32 Å². The lowest BCUT2D eigenvalue weighted by molar-refractivity contribution is -0.111.